The zero-order valence-electron chi connectivity index (χ0n) is 14.6. The highest BCUT2D eigenvalue weighted by Crippen LogP contribution is 2.21. The van der Waals surface area contributed by atoms with Crippen molar-refractivity contribution in [3.8, 4) is 0 Å². The first-order valence-corrected chi connectivity index (χ1v) is 8.90. The van der Waals surface area contributed by atoms with Crippen molar-refractivity contribution in [2.75, 3.05) is 13.2 Å². The number of nitrogens with one attached hydrogen (secondary N) is 1. The maximum absolute atomic E-state index is 11.7. The average molecular weight is 423 g/mol. The number of halogens is 2. The van der Waals surface area contributed by atoms with Crippen molar-refractivity contribution < 1.29 is 19.2 Å². The SMILES string of the molecule is O=C(COC(=O)C=Cc1cccc([N+](=O)[O-])c1)NCCc1ccc(Cl)cc1Cl. The third kappa shape index (κ3) is 7.02. The van der Waals surface area contributed by atoms with Crippen molar-refractivity contribution in [2.24, 2.45) is 0 Å². The molecule has 0 saturated carbocycles. The summed E-state index contributed by atoms with van der Waals surface area (Å²) in [6.45, 7) is -0.117. The number of nitro benzene ring substituents is 1. The van der Waals surface area contributed by atoms with Gasteiger partial charge in [-0.3, -0.25) is 14.9 Å². The molecule has 28 heavy (non-hydrogen) atoms. The van der Waals surface area contributed by atoms with E-state index in [4.69, 9.17) is 27.9 Å². The Bertz CT molecular complexity index is 915. The second-order valence-electron chi connectivity index (χ2n) is 5.63. The molecule has 0 aromatic heterocycles. The molecule has 9 heteroatoms. The van der Waals surface area contributed by atoms with Gasteiger partial charge < -0.3 is 10.1 Å². The van der Waals surface area contributed by atoms with Crippen LogP contribution < -0.4 is 5.32 Å². The molecule has 0 aliphatic heterocycles. The van der Waals surface area contributed by atoms with Crippen LogP contribution in [0, 0.1) is 10.1 Å². The minimum atomic E-state index is -0.734. The maximum Gasteiger partial charge on any atom is 0.331 e. The number of nitrogens with zero attached hydrogens (tertiary/aromatic N) is 1. The van der Waals surface area contributed by atoms with Gasteiger partial charge in [0.25, 0.3) is 11.6 Å². The van der Waals surface area contributed by atoms with Gasteiger partial charge in [0.15, 0.2) is 6.61 Å². The summed E-state index contributed by atoms with van der Waals surface area (Å²) in [4.78, 5) is 33.6. The molecule has 146 valence electrons. The third-order valence-corrected chi connectivity index (χ3v) is 4.16. The Labute approximate surface area is 171 Å². The number of hydrogen-bond acceptors (Lipinski definition) is 5. The van der Waals surface area contributed by atoms with Crippen LogP contribution in [0.25, 0.3) is 6.08 Å². The van der Waals surface area contributed by atoms with Gasteiger partial charge in [-0.05, 0) is 35.8 Å². The molecule has 0 bridgehead atoms. The van der Waals surface area contributed by atoms with E-state index in [0.29, 0.717) is 28.6 Å². The Morgan fingerprint density at radius 1 is 1.18 bits per heavy atom. The van der Waals surface area contributed by atoms with E-state index in [1.165, 1.54) is 24.3 Å². The number of hydrogen-bond donors (Lipinski definition) is 1. The number of rotatable bonds is 8. The number of nitro groups is 1. The molecular weight excluding hydrogens is 407 g/mol. The molecule has 0 heterocycles. The minimum Gasteiger partial charge on any atom is -0.452 e. The zero-order valence-corrected chi connectivity index (χ0v) is 16.1. The normalized spacial score (nSPS) is 10.6. The molecule has 2 rings (SSSR count). The second-order valence-corrected chi connectivity index (χ2v) is 6.47. The number of carbonyl (C=O) groups excluding carboxylic acids is 2. The van der Waals surface area contributed by atoms with Gasteiger partial charge in [-0.2, -0.15) is 0 Å². The lowest BCUT2D eigenvalue weighted by molar-refractivity contribution is -0.384. The number of esters is 1. The molecule has 0 unspecified atom stereocenters. The molecule has 0 atom stereocenters. The lowest BCUT2D eigenvalue weighted by Crippen LogP contribution is -2.30. The van der Waals surface area contributed by atoms with Crippen LogP contribution in [0.1, 0.15) is 11.1 Å². The van der Waals surface area contributed by atoms with E-state index in [2.05, 4.69) is 5.32 Å². The quantitative estimate of drug-likeness (QED) is 0.301. The van der Waals surface area contributed by atoms with Gasteiger partial charge in [-0.15, -0.1) is 0 Å². The largest absolute Gasteiger partial charge is 0.452 e. The van der Waals surface area contributed by atoms with E-state index < -0.39 is 23.4 Å². The Morgan fingerprint density at radius 3 is 2.68 bits per heavy atom. The topological polar surface area (TPSA) is 98.5 Å². The van der Waals surface area contributed by atoms with E-state index in [0.717, 1.165) is 11.6 Å². The van der Waals surface area contributed by atoms with Crippen molar-refractivity contribution in [3.63, 3.8) is 0 Å². The lowest BCUT2D eigenvalue weighted by Gasteiger charge is -2.07. The minimum absolute atomic E-state index is 0.0873. The van der Waals surface area contributed by atoms with E-state index in [9.17, 15) is 19.7 Å². The highest BCUT2D eigenvalue weighted by molar-refractivity contribution is 6.35. The van der Waals surface area contributed by atoms with Crippen LogP contribution in [0.15, 0.2) is 48.5 Å². The third-order valence-electron chi connectivity index (χ3n) is 3.57. The summed E-state index contributed by atoms with van der Waals surface area (Å²) in [5.74, 6) is -1.19. The Morgan fingerprint density at radius 2 is 1.96 bits per heavy atom. The van der Waals surface area contributed by atoms with Gasteiger partial charge in [-0.25, -0.2) is 4.79 Å². The van der Waals surface area contributed by atoms with Crippen LogP contribution in [0.4, 0.5) is 5.69 Å². The fraction of sp³-hybridized carbons (Fsp3) is 0.158. The zero-order chi connectivity index (χ0) is 20.5. The molecule has 0 radical (unpaired) electrons. The van der Waals surface area contributed by atoms with Crippen molar-refractivity contribution in [3.05, 3.63) is 79.8 Å². The molecule has 1 amide bonds. The maximum atomic E-state index is 11.7. The second kappa shape index (κ2) is 10.4. The van der Waals surface area contributed by atoms with Crippen molar-refractivity contribution in [1.29, 1.82) is 0 Å². The molecular formula is C19H16Cl2N2O5. The molecule has 0 aliphatic rings. The number of benzene rings is 2. The number of non-ortho nitro benzene ring substituents is 1. The summed E-state index contributed by atoms with van der Waals surface area (Å²) in [5.41, 5.74) is 1.22. The van der Waals surface area contributed by atoms with E-state index in [1.807, 2.05) is 0 Å². The predicted octanol–water partition coefficient (Wildman–Crippen LogP) is 3.82. The van der Waals surface area contributed by atoms with Crippen LogP contribution in [0.5, 0.6) is 0 Å². The highest BCUT2D eigenvalue weighted by Gasteiger charge is 2.07. The lowest BCUT2D eigenvalue weighted by atomic mass is 10.1. The van der Waals surface area contributed by atoms with Gasteiger partial charge in [0.05, 0.1) is 4.92 Å². The molecule has 0 aliphatic carbocycles. The van der Waals surface area contributed by atoms with Crippen LogP contribution in [0.3, 0.4) is 0 Å². The van der Waals surface area contributed by atoms with Crippen LogP contribution in [-0.4, -0.2) is 30.0 Å². The molecule has 1 N–H and O–H groups in total. The summed E-state index contributed by atoms with van der Waals surface area (Å²) in [6.07, 6.45) is 2.97. The molecule has 2 aromatic carbocycles. The van der Waals surface area contributed by atoms with E-state index in [-0.39, 0.29) is 5.69 Å². The summed E-state index contributed by atoms with van der Waals surface area (Å²) >= 11 is 11.9. The van der Waals surface area contributed by atoms with Gasteiger partial charge in [-0.1, -0.05) is 41.4 Å². The van der Waals surface area contributed by atoms with E-state index in [1.54, 1.807) is 24.3 Å². The fourth-order valence-electron chi connectivity index (χ4n) is 2.20. The van der Waals surface area contributed by atoms with Crippen LogP contribution >= 0.6 is 23.2 Å². The van der Waals surface area contributed by atoms with Crippen molar-refractivity contribution in [1.82, 2.24) is 5.32 Å². The van der Waals surface area contributed by atoms with Gasteiger partial charge >= 0.3 is 5.97 Å². The molecule has 2 aromatic rings. The molecule has 0 fully saturated rings. The first kappa shape index (κ1) is 21.4. The van der Waals surface area contributed by atoms with Crippen molar-refractivity contribution in [2.45, 2.75) is 6.42 Å². The summed E-state index contributed by atoms with van der Waals surface area (Å²) in [7, 11) is 0. The smallest absolute Gasteiger partial charge is 0.331 e. The predicted molar refractivity (Wildman–Crippen MR) is 106 cm³/mol. The van der Waals surface area contributed by atoms with Gasteiger partial charge in [0.2, 0.25) is 0 Å². The molecule has 7 nitrogen and oxygen atoms in total. The Balaban J connectivity index is 1.74. The average Bonchev–Trinajstić information content (AvgIpc) is 2.66. The highest BCUT2D eigenvalue weighted by atomic mass is 35.5. The standard InChI is InChI=1S/C19H16Cl2N2O5/c20-15-6-5-14(17(21)11-15)8-9-22-18(24)12-28-19(25)7-4-13-2-1-3-16(10-13)23(26)27/h1-7,10-11H,8-9,12H2,(H,22,24). The van der Waals surface area contributed by atoms with Gasteiger partial charge in [0, 0.05) is 34.8 Å². The number of ether oxygens (including phenoxy) is 1. The van der Waals surface area contributed by atoms with E-state index >= 15 is 0 Å². The van der Waals surface area contributed by atoms with Crippen LogP contribution in [0.2, 0.25) is 10.0 Å². The molecule has 0 spiro atoms. The summed E-state index contributed by atoms with van der Waals surface area (Å²) in [5, 5.41) is 14.4. The van der Waals surface area contributed by atoms with Crippen molar-refractivity contribution >= 4 is 46.8 Å². The first-order chi connectivity index (χ1) is 13.3. The monoisotopic (exact) mass is 422 g/mol. The first-order valence-electron chi connectivity index (χ1n) is 8.15. The van der Waals surface area contributed by atoms with Gasteiger partial charge in [0.1, 0.15) is 0 Å². The number of amides is 1. The Hall–Kier alpha value is -2.90. The molecule has 0 saturated heterocycles. The Kier molecular flexibility index (Phi) is 7.98. The fourth-order valence-corrected chi connectivity index (χ4v) is 2.71. The number of carbonyl (C=O) groups is 2. The van der Waals surface area contributed by atoms with Crippen LogP contribution in [-0.2, 0) is 20.7 Å². The summed E-state index contributed by atoms with van der Waals surface area (Å²) < 4.78 is 4.83. The summed E-state index contributed by atoms with van der Waals surface area (Å²) in [6, 6.07) is 10.9.